The van der Waals surface area contributed by atoms with E-state index in [4.69, 9.17) is 9.47 Å². The zero-order valence-corrected chi connectivity index (χ0v) is 17.0. The molecule has 0 atom stereocenters. The minimum Gasteiger partial charge on any atom is -0.490 e. The van der Waals surface area contributed by atoms with Gasteiger partial charge in [-0.2, -0.15) is 5.10 Å². The number of carboxylic acid groups (broad SMARTS) is 1. The van der Waals surface area contributed by atoms with Gasteiger partial charge in [0.2, 0.25) is 0 Å². The molecule has 3 aromatic rings. The Kier molecular flexibility index (Phi) is 7.05. The fraction of sp³-hybridized carbons (Fsp3) is 0.167. The lowest BCUT2D eigenvalue weighted by Gasteiger charge is -2.13. The monoisotopic (exact) mass is 404 g/mol. The number of ether oxygens (including phenoxy) is 2. The highest BCUT2D eigenvalue weighted by atomic mass is 16.5. The lowest BCUT2D eigenvalue weighted by atomic mass is 10.1. The van der Waals surface area contributed by atoms with Gasteiger partial charge in [-0.3, -0.25) is 5.43 Å². The first kappa shape index (κ1) is 20.9. The number of aromatic carboxylic acids is 1. The van der Waals surface area contributed by atoms with E-state index < -0.39 is 5.97 Å². The third-order valence-electron chi connectivity index (χ3n) is 4.34. The van der Waals surface area contributed by atoms with E-state index in [9.17, 15) is 9.90 Å². The number of nitrogens with zero attached hydrogens (tertiary/aromatic N) is 1. The minimum absolute atomic E-state index is 0.157. The molecule has 0 saturated carbocycles. The molecule has 6 heteroatoms. The van der Waals surface area contributed by atoms with Crippen LogP contribution in [-0.2, 0) is 6.61 Å². The Hall–Kier alpha value is -3.80. The second-order valence-corrected chi connectivity index (χ2v) is 6.63. The van der Waals surface area contributed by atoms with E-state index in [0.29, 0.717) is 30.4 Å². The van der Waals surface area contributed by atoms with Gasteiger partial charge >= 0.3 is 5.97 Å². The second-order valence-electron chi connectivity index (χ2n) is 6.63. The van der Waals surface area contributed by atoms with E-state index >= 15 is 0 Å². The Labute approximate surface area is 175 Å². The van der Waals surface area contributed by atoms with Gasteiger partial charge in [0.15, 0.2) is 11.5 Å². The van der Waals surface area contributed by atoms with E-state index in [1.165, 1.54) is 11.6 Å². The van der Waals surface area contributed by atoms with E-state index in [2.05, 4.69) is 22.7 Å². The molecule has 0 fully saturated rings. The van der Waals surface area contributed by atoms with Crippen molar-refractivity contribution in [3.63, 3.8) is 0 Å². The number of carboxylic acids is 1. The molecule has 0 amide bonds. The molecule has 0 aliphatic carbocycles. The van der Waals surface area contributed by atoms with E-state index in [1.807, 2.05) is 44.2 Å². The zero-order chi connectivity index (χ0) is 21.3. The summed E-state index contributed by atoms with van der Waals surface area (Å²) in [6.07, 6.45) is 1.60. The first-order valence-electron chi connectivity index (χ1n) is 9.63. The van der Waals surface area contributed by atoms with Crippen LogP contribution in [0.5, 0.6) is 11.5 Å². The number of nitrogens with one attached hydrogen (secondary N) is 1. The highest BCUT2D eigenvalue weighted by Gasteiger charge is 2.09. The van der Waals surface area contributed by atoms with Crippen molar-refractivity contribution in [1.82, 2.24) is 0 Å². The van der Waals surface area contributed by atoms with Crippen LogP contribution in [0.15, 0.2) is 71.8 Å². The lowest BCUT2D eigenvalue weighted by molar-refractivity contribution is 0.0698. The van der Waals surface area contributed by atoms with Crippen LogP contribution in [0, 0.1) is 6.92 Å². The molecule has 3 rings (SSSR count). The summed E-state index contributed by atoms with van der Waals surface area (Å²) in [6.45, 7) is 4.91. The van der Waals surface area contributed by atoms with Crippen molar-refractivity contribution < 1.29 is 19.4 Å². The maximum atomic E-state index is 11.3. The Morgan fingerprint density at radius 3 is 2.53 bits per heavy atom. The molecule has 154 valence electrons. The molecule has 0 aromatic heterocycles. The molecule has 0 spiro atoms. The van der Waals surface area contributed by atoms with Gasteiger partial charge in [0.1, 0.15) is 6.61 Å². The molecular weight excluding hydrogens is 380 g/mol. The molecule has 0 aliphatic rings. The van der Waals surface area contributed by atoms with E-state index in [1.54, 1.807) is 24.4 Å². The number of para-hydroxylation sites is 1. The average molecular weight is 404 g/mol. The lowest BCUT2D eigenvalue weighted by Crippen LogP contribution is -2.02. The number of hydrogen-bond donors (Lipinski definition) is 2. The van der Waals surface area contributed by atoms with Crippen molar-refractivity contribution in [3.8, 4) is 11.5 Å². The maximum Gasteiger partial charge on any atom is 0.337 e. The summed E-state index contributed by atoms with van der Waals surface area (Å²) < 4.78 is 11.7. The summed E-state index contributed by atoms with van der Waals surface area (Å²) in [4.78, 5) is 11.3. The smallest absolute Gasteiger partial charge is 0.337 e. The third-order valence-corrected chi connectivity index (χ3v) is 4.34. The van der Waals surface area contributed by atoms with Crippen LogP contribution in [-0.4, -0.2) is 23.9 Å². The Balaban J connectivity index is 1.70. The fourth-order valence-corrected chi connectivity index (χ4v) is 2.78. The first-order chi connectivity index (χ1) is 14.6. The largest absolute Gasteiger partial charge is 0.490 e. The topological polar surface area (TPSA) is 80.2 Å². The second kappa shape index (κ2) is 10.1. The molecule has 0 heterocycles. The summed E-state index contributed by atoms with van der Waals surface area (Å²) in [5.41, 5.74) is 6.43. The summed E-state index contributed by atoms with van der Waals surface area (Å²) in [5.74, 6) is 0.264. The van der Waals surface area contributed by atoms with Gasteiger partial charge in [0.05, 0.1) is 24.1 Å². The Morgan fingerprint density at radius 1 is 1.03 bits per heavy atom. The van der Waals surface area contributed by atoms with Gasteiger partial charge in [-0.1, -0.05) is 42.0 Å². The average Bonchev–Trinajstić information content (AvgIpc) is 2.75. The normalized spacial score (nSPS) is 10.7. The molecule has 30 heavy (non-hydrogen) atoms. The number of anilines is 1. The maximum absolute atomic E-state index is 11.3. The standard InChI is InChI=1S/C24H24N2O4/c1-3-29-23-14-19(15-25-26-21-7-5-4-6-20(21)24(27)28)12-13-22(23)30-16-18-10-8-17(2)9-11-18/h4-15,26H,3,16H2,1-2H3,(H,27,28)/b25-15+. The number of aryl methyl sites for hydroxylation is 1. The zero-order valence-electron chi connectivity index (χ0n) is 17.0. The molecular formula is C24H24N2O4. The molecule has 0 saturated heterocycles. The van der Waals surface area contributed by atoms with Gasteiger partial charge in [0.25, 0.3) is 0 Å². The van der Waals surface area contributed by atoms with Crippen LogP contribution in [0.2, 0.25) is 0 Å². The summed E-state index contributed by atoms with van der Waals surface area (Å²) >= 11 is 0. The Morgan fingerprint density at radius 2 is 1.80 bits per heavy atom. The highest BCUT2D eigenvalue weighted by Crippen LogP contribution is 2.29. The van der Waals surface area contributed by atoms with Gasteiger partial charge in [-0.05, 0) is 55.3 Å². The van der Waals surface area contributed by atoms with E-state index in [-0.39, 0.29) is 5.56 Å². The number of hydrazone groups is 1. The van der Waals surface area contributed by atoms with Crippen LogP contribution in [0.4, 0.5) is 5.69 Å². The van der Waals surface area contributed by atoms with Crippen LogP contribution in [0.1, 0.15) is 34.0 Å². The number of carbonyl (C=O) groups is 1. The van der Waals surface area contributed by atoms with Crippen LogP contribution in [0.25, 0.3) is 0 Å². The first-order valence-corrected chi connectivity index (χ1v) is 9.63. The minimum atomic E-state index is -1.01. The van der Waals surface area contributed by atoms with E-state index in [0.717, 1.165) is 11.1 Å². The van der Waals surface area contributed by atoms with Crippen molar-refractivity contribution in [3.05, 3.63) is 89.0 Å². The van der Waals surface area contributed by atoms with Gasteiger partial charge < -0.3 is 14.6 Å². The number of hydrogen-bond acceptors (Lipinski definition) is 5. The van der Waals surface area contributed by atoms with Gasteiger partial charge in [-0.25, -0.2) is 4.79 Å². The number of rotatable bonds is 9. The molecule has 6 nitrogen and oxygen atoms in total. The van der Waals surface area contributed by atoms with Crippen LogP contribution in [0.3, 0.4) is 0 Å². The SMILES string of the molecule is CCOc1cc(/C=N/Nc2ccccc2C(=O)O)ccc1OCc1ccc(C)cc1. The predicted molar refractivity (Wildman–Crippen MR) is 118 cm³/mol. The highest BCUT2D eigenvalue weighted by molar-refractivity contribution is 5.94. The van der Waals surface area contributed by atoms with Crippen molar-refractivity contribution in [2.45, 2.75) is 20.5 Å². The summed E-state index contributed by atoms with van der Waals surface area (Å²) in [5, 5.41) is 13.4. The fourth-order valence-electron chi connectivity index (χ4n) is 2.78. The number of benzene rings is 3. The van der Waals surface area contributed by atoms with Crippen molar-refractivity contribution in [2.24, 2.45) is 5.10 Å². The van der Waals surface area contributed by atoms with Crippen LogP contribution >= 0.6 is 0 Å². The molecule has 0 aliphatic heterocycles. The third kappa shape index (κ3) is 5.61. The predicted octanol–water partition coefficient (Wildman–Crippen LogP) is 5.12. The quantitative estimate of drug-likeness (QED) is 0.382. The molecule has 3 aromatic carbocycles. The molecule has 0 bridgehead atoms. The van der Waals surface area contributed by atoms with Crippen LogP contribution < -0.4 is 14.9 Å². The van der Waals surface area contributed by atoms with Crippen molar-refractivity contribution in [1.29, 1.82) is 0 Å². The van der Waals surface area contributed by atoms with Gasteiger partial charge in [-0.15, -0.1) is 0 Å². The molecule has 0 unspecified atom stereocenters. The Bertz CT molecular complexity index is 1030. The summed E-state index contributed by atoms with van der Waals surface area (Å²) in [6, 6.07) is 20.3. The van der Waals surface area contributed by atoms with Crippen molar-refractivity contribution in [2.75, 3.05) is 12.0 Å². The van der Waals surface area contributed by atoms with Gasteiger partial charge in [0, 0.05) is 0 Å². The molecule has 2 N–H and O–H groups in total. The summed E-state index contributed by atoms with van der Waals surface area (Å²) in [7, 11) is 0. The molecule has 0 radical (unpaired) electrons. The van der Waals surface area contributed by atoms with Crippen molar-refractivity contribution >= 4 is 17.9 Å².